The fraction of sp³-hybridized carbons (Fsp3) is 0.364. The third-order valence-corrected chi connectivity index (χ3v) is 4.23. The Balaban J connectivity index is 2.51. The van der Waals surface area contributed by atoms with Crippen molar-refractivity contribution < 1.29 is 19.1 Å². The first-order valence-electron chi connectivity index (χ1n) is 8.98. The van der Waals surface area contributed by atoms with Gasteiger partial charge in [0, 0.05) is 7.05 Å². The number of hydrogen-bond donors (Lipinski definition) is 0. The summed E-state index contributed by atoms with van der Waals surface area (Å²) in [6.45, 7) is 10.1. The largest absolute Gasteiger partial charge is 0.449 e. The lowest BCUT2D eigenvalue weighted by molar-refractivity contribution is 0.0733. The van der Waals surface area contributed by atoms with Crippen LogP contribution in [-0.4, -0.2) is 25.7 Å². The van der Waals surface area contributed by atoms with Crippen molar-refractivity contribution in [1.82, 2.24) is 0 Å². The number of nitrogens with zero attached hydrogens (tertiary/aromatic N) is 1. The Kier molecular flexibility index (Phi) is 6.26. The van der Waals surface area contributed by atoms with E-state index >= 15 is 0 Å². The molecule has 0 saturated heterocycles. The Labute approximate surface area is 160 Å². The van der Waals surface area contributed by atoms with Crippen molar-refractivity contribution in [3.63, 3.8) is 0 Å². The number of carbonyl (C=O) groups excluding carboxylic acids is 2. The molecule has 0 aliphatic heterocycles. The van der Waals surface area contributed by atoms with Crippen LogP contribution in [0.15, 0.2) is 42.5 Å². The van der Waals surface area contributed by atoms with Crippen LogP contribution in [0.1, 0.15) is 49.2 Å². The molecule has 0 N–H and O–H groups in total. The average Bonchev–Trinajstić information content (AvgIpc) is 2.62. The van der Waals surface area contributed by atoms with Gasteiger partial charge in [0.2, 0.25) is 0 Å². The van der Waals surface area contributed by atoms with Crippen LogP contribution in [0.3, 0.4) is 0 Å². The van der Waals surface area contributed by atoms with E-state index in [2.05, 4.69) is 20.8 Å². The maximum atomic E-state index is 12.6. The summed E-state index contributed by atoms with van der Waals surface area (Å²) in [4.78, 5) is 26.2. The summed E-state index contributed by atoms with van der Waals surface area (Å²) >= 11 is 0. The first-order valence-corrected chi connectivity index (χ1v) is 8.98. The smallest absolute Gasteiger partial charge is 0.414 e. The van der Waals surface area contributed by atoms with Gasteiger partial charge in [0.1, 0.15) is 0 Å². The zero-order valence-electron chi connectivity index (χ0n) is 16.8. The van der Waals surface area contributed by atoms with E-state index in [1.54, 1.807) is 38.2 Å². The molecule has 2 rings (SSSR count). The SMILES string of the molecule is CCOC(=O)N(C)c1cc(C(C)(C)C)cc(C)c1OC(=O)c1ccccc1. The summed E-state index contributed by atoms with van der Waals surface area (Å²) in [5, 5.41) is 0. The second-order valence-electron chi connectivity index (χ2n) is 7.40. The minimum atomic E-state index is -0.500. The van der Waals surface area contributed by atoms with Crippen molar-refractivity contribution in [1.29, 1.82) is 0 Å². The van der Waals surface area contributed by atoms with Crippen LogP contribution in [0.25, 0.3) is 0 Å². The minimum Gasteiger partial charge on any atom is -0.449 e. The van der Waals surface area contributed by atoms with Crippen molar-refractivity contribution >= 4 is 17.7 Å². The van der Waals surface area contributed by atoms with Crippen molar-refractivity contribution in [2.75, 3.05) is 18.6 Å². The lowest BCUT2D eigenvalue weighted by Crippen LogP contribution is -2.28. The number of hydrogen-bond acceptors (Lipinski definition) is 4. The Hall–Kier alpha value is -2.82. The van der Waals surface area contributed by atoms with Gasteiger partial charge in [-0.25, -0.2) is 9.59 Å². The summed E-state index contributed by atoms with van der Waals surface area (Å²) in [6.07, 6.45) is -0.500. The molecule has 0 aliphatic carbocycles. The Bertz CT molecular complexity index is 822. The van der Waals surface area contributed by atoms with Crippen LogP contribution in [0, 0.1) is 6.92 Å². The third kappa shape index (κ3) is 4.88. The van der Waals surface area contributed by atoms with E-state index in [1.807, 2.05) is 25.1 Å². The van der Waals surface area contributed by atoms with Gasteiger partial charge in [-0.15, -0.1) is 0 Å². The topological polar surface area (TPSA) is 55.8 Å². The zero-order chi connectivity index (χ0) is 20.2. The van der Waals surface area contributed by atoms with E-state index < -0.39 is 12.1 Å². The molecule has 0 saturated carbocycles. The highest BCUT2D eigenvalue weighted by Gasteiger charge is 2.25. The van der Waals surface area contributed by atoms with Crippen molar-refractivity contribution in [3.05, 3.63) is 59.2 Å². The highest BCUT2D eigenvalue weighted by atomic mass is 16.6. The maximum absolute atomic E-state index is 12.6. The molecule has 0 aliphatic rings. The fourth-order valence-electron chi connectivity index (χ4n) is 2.61. The van der Waals surface area contributed by atoms with Gasteiger partial charge in [0.05, 0.1) is 17.9 Å². The second-order valence-corrected chi connectivity index (χ2v) is 7.40. The summed E-state index contributed by atoms with van der Waals surface area (Å²) in [7, 11) is 1.61. The van der Waals surface area contributed by atoms with Crippen molar-refractivity contribution in [2.45, 2.75) is 40.0 Å². The minimum absolute atomic E-state index is 0.128. The van der Waals surface area contributed by atoms with Crippen LogP contribution in [0.5, 0.6) is 5.75 Å². The van der Waals surface area contributed by atoms with E-state index in [0.717, 1.165) is 11.1 Å². The molecule has 0 spiro atoms. The van der Waals surface area contributed by atoms with Gasteiger partial charge in [0.25, 0.3) is 0 Å². The predicted octanol–water partition coefficient (Wildman–Crippen LogP) is 5.10. The molecule has 0 bridgehead atoms. The number of aryl methyl sites for hydroxylation is 1. The number of esters is 1. The van der Waals surface area contributed by atoms with Crippen LogP contribution < -0.4 is 9.64 Å². The predicted molar refractivity (Wildman–Crippen MR) is 107 cm³/mol. The molecule has 2 aromatic carbocycles. The third-order valence-electron chi connectivity index (χ3n) is 4.23. The molecular formula is C22H27NO4. The second kappa shape index (κ2) is 8.25. The molecule has 0 aromatic heterocycles. The number of ether oxygens (including phenoxy) is 2. The van der Waals surface area contributed by atoms with Gasteiger partial charge in [0.15, 0.2) is 5.75 Å². The number of amides is 1. The summed E-state index contributed by atoms with van der Waals surface area (Å²) < 4.78 is 10.8. The van der Waals surface area contributed by atoms with Crippen molar-refractivity contribution in [3.8, 4) is 5.75 Å². The normalized spacial score (nSPS) is 11.0. The monoisotopic (exact) mass is 369 g/mol. The maximum Gasteiger partial charge on any atom is 0.414 e. The van der Waals surface area contributed by atoms with E-state index in [-0.39, 0.29) is 12.0 Å². The molecule has 1 amide bonds. The lowest BCUT2D eigenvalue weighted by Gasteiger charge is -2.26. The van der Waals surface area contributed by atoms with Gasteiger partial charge < -0.3 is 9.47 Å². The first-order chi connectivity index (χ1) is 12.6. The standard InChI is InChI=1S/C22H27NO4/c1-7-26-21(25)23(6)18-14-17(22(3,4)5)13-15(2)19(18)27-20(24)16-11-9-8-10-12-16/h8-14H,7H2,1-6H3. The van der Waals surface area contributed by atoms with Crippen LogP contribution >= 0.6 is 0 Å². The molecular weight excluding hydrogens is 342 g/mol. The number of anilines is 1. The van der Waals surface area contributed by atoms with Crippen LogP contribution in [0.2, 0.25) is 0 Å². The highest BCUT2D eigenvalue weighted by Crippen LogP contribution is 2.37. The molecule has 0 heterocycles. The molecule has 0 atom stereocenters. The molecule has 0 radical (unpaired) electrons. The molecule has 5 heteroatoms. The van der Waals surface area contributed by atoms with Crippen LogP contribution in [0.4, 0.5) is 10.5 Å². The van der Waals surface area contributed by atoms with Gasteiger partial charge in [-0.2, -0.15) is 0 Å². The Morgan fingerprint density at radius 3 is 2.26 bits per heavy atom. The lowest BCUT2D eigenvalue weighted by atomic mass is 9.85. The van der Waals surface area contributed by atoms with E-state index in [1.165, 1.54) is 4.90 Å². The zero-order valence-corrected chi connectivity index (χ0v) is 16.8. The Morgan fingerprint density at radius 1 is 1.07 bits per heavy atom. The molecule has 0 fully saturated rings. The number of benzene rings is 2. The molecule has 2 aromatic rings. The summed E-state index contributed by atoms with van der Waals surface area (Å²) in [5.74, 6) is -0.117. The Morgan fingerprint density at radius 2 is 1.70 bits per heavy atom. The molecule has 5 nitrogen and oxygen atoms in total. The molecule has 0 unspecified atom stereocenters. The molecule has 27 heavy (non-hydrogen) atoms. The number of rotatable bonds is 4. The summed E-state index contributed by atoms with van der Waals surface area (Å²) in [5.41, 5.74) is 2.63. The number of carbonyl (C=O) groups is 2. The quantitative estimate of drug-likeness (QED) is 0.555. The van der Waals surface area contributed by atoms with E-state index in [9.17, 15) is 9.59 Å². The molecule has 144 valence electrons. The van der Waals surface area contributed by atoms with Crippen LogP contribution in [-0.2, 0) is 10.2 Å². The van der Waals surface area contributed by atoms with E-state index in [0.29, 0.717) is 17.0 Å². The highest BCUT2D eigenvalue weighted by molar-refractivity contribution is 5.94. The van der Waals surface area contributed by atoms with Gasteiger partial charge in [-0.05, 0) is 48.6 Å². The van der Waals surface area contributed by atoms with Gasteiger partial charge in [-0.3, -0.25) is 4.90 Å². The first kappa shape index (κ1) is 20.5. The summed E-state index contributed by atoms with van der Waals surface area (Å²) in [6, 6.07) is 12.6. The van der Waals surface area contributed by atoms with Gasteiger partial charge >= 0.3 is 12.1 Å². The average molecular weight is 369 g/mol. The fourth-order valence-corrected chi connectivity index (χ4v) is 2.61. The van der Waals surface area contributed by atoms with Crippen molar-refractivity contribution in [2.24, 2.45) is 0 Å². The van der Waals surface area contributed by atoms with Gasteiger partial charge in [-0.1, -0.05) is 45.0 Å². The van der Waals surface area contributed by atoms with E-state index in [4.69, 9.17) is 9.47 Å².